The number of piperidine rings is 1. The second-order valence-electron chi connectivity index (χ2n) is 5.92. The minimum absolute atomic E-state index is 0.142. The van der Waals surface area contributed by atoms with E-state index in [9.17, 15) is 9.59 Å². The van der Waals surface area contributed by atoms with Gasteiger partial charge in [-0.3, -0.25) is 9.59 Å². The number of ketones is 1. The number of hydrogen-bond acceptors (Lipinski definition) is 2. The summed E-state index contributed by atoms with van der Waals surface area (Å²) in [5, 5.41) is 0. The summed E-state index contributed by atoms with van der Waals surface area (Å²) < 4.78 is 0. The lowest BCUT2D eigenvalue weighted by atomic mass is 9.88. The highest BCUT2D eigenvalue weighted by Gasteiger charge is 2.39. The number of hydrogen-bond donors (Lipinski definition) is 0. The topological polar surface area (TPSA) is 37.4 Å². The highest BCUT2D eigenvalue weighted by Crippen LogP contribution is 2.25. The van der Waals surface area contributed by atoms with Gasteiger partial charge in [-0.25, -0.2) is 0 Å². The fourth-order valence-corrected chi connectivity index (χ4v) is 2.37. The van der Waals surface area contributed by atoms with Crippen molar-refractivity contribution in [3.05, 3.63) is 0 Å². The minimum atomic E-state index is -0.590. The van der Waals surface area contributed by atoms with Crippen molar-refractivity contribution in [3.8, 4) is 0 Å². The molecule has 0 saturated carbocycles. The largest absolute Gasteiger partial charge is 0.331 e. The molecule has 1 heterocycles. The average molecular weight is 239 g/mol. The van der Waals surface area contributed by atoms with Gasteiger partial charge in [0.2, 0.25) is 5.91 Å². The molecular formula is C14H25NO2. The highest BCUT2D eigenvalue weighted by atomic mass is 16.2. The summed E-state index contributed by atoms with van der Waals surface area (Å²) in [5.74, 6) is 0.975. The predicted octanol–water partition coefficient (Wildman–Crippen LogP) is 2.78. The molecule has 98 valence electrons. The van der Waals surface area contributed by atoms with Crippen LogP contribution >= 0.6 is 0 Å². The van der Waals surface area contributed by atoms with E-state index in [1.807, 2.05) is 13.8 Å². The SMILES string of the molecule is CC(C)CCCC(=O)N1CCCC(=O)C1(C)C. The van der Waals surface area contributed by atoms with Gasteiger partial charge in [0, 0.05) is 19.4 Å². The van der Waals surface area contributed by atoms with Crippen molar-refractivity contribution in [2.75, 3.05) is 6.54 Å². The van der Waals surface area contributed by atoms with E-state index >= 15 is 0 Å². The molecule has 1 fully saturated rings. The molecule has 1 aliphatic rings. The number of carbonyl (C=O) groups is 2. The van der Waals surface area contributed by atoms with Crippen LogP contribution in [-0.2, 0) is 9.59 Å². The van der Waals surface area contributed by atoms with Gasteiger partial charge in [-0.15, -0.1) is 0 Å². The van der Waals surface area contributed by atoms with Gasteiger partial charge < -0.3 is 4.90 Å². The molecule has 0 bridgehead atoms. The molecule has 17 heavy (non-hydrogen) atoms. The van der Waals surface area contributed by atoms with Crippen LogP contribution in [0.2, 0.25) is 0 Å². The number of carbonyl (C=O) groups excluding carboxylic acids is 2. The molecule has 0 aliphatic carbocycles. The van der Waals surface area contributed by atoms with Crippen LogP contribution < -0.4 is 0 Å². The lowest BCUT2D eigenvalue weighted by Crippen LogP contribution is -2.56. The molecule has 0 unspecified atom stereocenters. The minimum Gasteiger partial charge on any atom is -0.331 e. The van der Waals surface area contributed by atoms with Crippen LogP contribution in [0, 0.1) is 5.92 Å². The molecule has 0 N–H and O–H groups in total. The van der Waals surface area contributed by atoms with Crippen molar-refractivity contribution in [1.82, 2.24) is 4.90 Å². The number of rotatable bonds is 4. The van der Waals surface area contributed by atoms with Gasteiger partial charge in [-0.05, 0) is 32.6 Å². The quantitative estimate of drug-likeness (QED) is 0.756. The van der Waals surface area contributed by atoms with Crippen molar-refractivity contribution < 1.29 is 9.59 Å². The summed E-state index contributed by atoms with van der Waals surface area (Å²) in [4.78, 5) is 25.7. The summed E-state index contributed by atoms with van der Waals surface area (Å²) in [5.41, 5.74) is -0.590. The predicted molar refractivity (Wildman–Crippen MR) is 68.7 cm³/mol. The Morgan fingerprint density at radius 3 is 2.65 bits per heavy atom. The van der Waals surface area contributed by atoms with Crippen LogP contribution in [0.4, 0.5) is 0 Å². The molecular weight excluding hydrogens is 214 g/mol. The van der Waals surface area contributed by atoms with Gasteiger partial charge in [0.05, 0.1) is 5.54 Å². The molecule has 0 aromatic rings. The number of nitrogens with zero attached hydrogens (tertiary/aromatic N) is 1. The third-order valence-electron chi connectivity index (χ3n) is 3.62. The van der Waals surface area contributed by atoms with Gasteiger partial charge in [0.25, 0.3) is 0 Å². The van der Waals surface area contributed by atoms with E-state index in [2.05, 4.69) is 13.8 Å². The first-order valence-corrected chi connectivity index (χ1v) is 6.69. The standard InChI is InChI=1S/C14H25NO2/c1-11(2)7-5-9-13(17)15-10-6-8-12(16)14(15,3)4/h11H,5-10H2,1-4H3. The molecule has 1 amide bonds. The van der Waals surface area contributed by atoms with Crippen molar-refractivity contribution in [2.45, 2.75) is 65.3 Å². The van der Waals surface area contributed by atoms with Crippen LogP contribution in [0.3, 0.4) is 0 Å². The molecule has 1 saturated heterocycles. The highest BCUT2D eigenvalue weighted by molar-refractivity contribution is 5.93. The summed E-state index contributed by atoms with van der Waals surface area (Å²) in [6.07, 6.45) is 4.01. The van der Waals surface area contributed by atoms with E-state index in [0.717, 1.165) is 25.8 Å². The molecule has 0 aromatic heterocycles. The summed E-state index contributed by atoms with van der Waals surface area (Å²) in [6.45, 7) is 8.81. The van der Waals surface area contributed by atoms with Crippen LogP contribution in [-0.4, -0.2) is 28.7 Å². The number of amides is 1. The van der Waals surface area contributed by atoms with E-state index in [4.69, 9.17) is 0 Å². The summed E-state index contributed by atoms with van der Waals surface area (Å²) in [7, 11) is 0. The monoisotopic (exact) mass is 239 g/mol. The van der Waals surface area contributed by atoms with Gasteiger partial charge in [0.1, 0.15) is 0 Å². The number of likely N-dealkylation sites (tertiary alicyclic amines) is 1. The fourth-order valence-electron chi connectivity index (χ4n) is 2.37. The van der Waals surface area contributed by atoms with Gasteiger partial charge in [-0.2, -0.15) is 0 Å². The smallest absolute Gasteiger partial charge is 0.223 e. The van der Waals surface area contributed by atoms with E-state index in [1.165, 1.54) is 0 Å². The Labute approximate surface area is 105 Å². The van der Waals surface area contributed by atoms with Crippen molar-refractivity contribution >= 4 is 11.7 Å². The Morgan fingerprint density at radius 1 is 1.41 bits per heavy atom. The maximum absolute atomic E-state index is 12.1. The molecule has 1 aliphatic heterocycles. The third kappa shape index (κ3) is 3.55. The van der Waals surface area contributed by atoms with E-state index in [-0.39, 0.29) is 11.7 Å². The van der Waals surface area contributed by atoms with Crippen LogP contribution in [0.1, 0.15) is 59.8 Å². The maximum Gasteiger partial charge on any atom is 0.223 e. The molecule has 3 heteroatoms. The van der Waals surface area contributed by atoms with Crippen LogP contribution in [0.5, 0.6) is 0 Å². The first kappa shape index (κ1) is 14.2. The van der Waals surface area contributed by atoms with Gasteiger partial charge >= 0.3 is 0 Å². The van der Waals surface area contributed by atoms with E-state index < -0.39 is 5.54 Å². The van der Waals surface area contributed by atoms with Crippen LogP contribution in [0.15, 0.2) is 0 Å². The lowest BCUT2D eigenvalue weighted by Gasteiger charge is -2.41. The van der Waals surface area contributed by atoms with E-state index in [1.54, 1.807) is 4.90 Å². The Hall–Kier alpha value is -0.860. The summed E-state index contributed by atoms with van der Waals surface area (Å²) in [6, 6.07) is 0. The van der Waals surface area contributed by atoms with Crippen molar-refractivity contribution in [2.24, 2.45) is 5.92 Å². The first-order chi connectivity index (χ1) is 7.85. The second-order valence-corrected chi connectivity index (χ2v) is 5.92. The zero-order valence-electron chi connectivity index (χ0n) is 11.6. The first-order valence-electron chi connectivity index (χ1n) is 6.69. The molecule has 0 spiro atoms. The van der Waals surface area contributed by atoms with Gasteiger partial charge in [0.15, 0.2) is 5.78 Å². The zero-order valence-corrected chi connectivity index (χ0v) is 11.6. The molecule has 0 aromatic carbocycles. The maximum atomic E-state index is 12.1. The number of Topliss-reactive ketones (excluding diaryl/α,β-unsaturated/α-hetero) is 1. The summed E-state index contributed by atoms with van der Waals surface area (Å²) >= 11 is 0. The average Bonchev–Trinajstić information content (AvgIpc) is 2.21. The van der Waals surface area contributed by atoms with Gasteiger partial charge in [-0.1, -0.05) is 20.3 Å². The zero-order chi connectivity index (χ0) is 13.1. The molecule has 0 atom stereocenters. The normalized spacial score (nSPS) is 19.8. The molecule has 1 rings (SSSR count). The third-order valence-corrected chi connectivity index (χ3v) is 3.62. The van der Waals surface area contributed by atoms with Crippen LogP contribution in [0.25, 0.3) is 0 Å². The molecule has 0 radical (unpaired) electrons. The second kappa shape index (κ2) is 5.65. The Bertz CT molecular complexity index is 295. The lowest BCUT2D eigenvalue weighted by molar-refractivity contribution is -0.148. The van der Waals surface area contributed by atoms with Crippen molar-refractivity contribution in [3.63, 3.8) is 0 Å². The van der Waals surface area contributed by atoms with E-state index in [0.29, 0.717) is 18.8 Å². The fraction of sp³-hybridized carbons (Fsp3) is 0.857. The Balaban J connectivity index is 2.53. The molecule has 3 nitrogen and oxygen atoms in total. The Morgan fingerprint density at radius 2 is 2.06 bits per heavy atom. The Kier molecular flexibility index (Phi) is 4.72. The van der Waals surface area contributed by atoms with Crippen molar-refractivity contribution in [1.29, 1.82) is 0 Å².